The normalized spacial score (nSPS) is 19.0. The first-order chi connectivity index (χ1) is 14.7. The van der Waals surface area contributed by atoms with Gasteiger partial charge in [-0.1, -0.05) is 24.2 Å². The summed E-state index contributed by atoms with van der Waals surface area (Å²) < 4.78 is 7.13. The van der Waals surface area contributed by atoms with Crippen LogP contribution in [0.15, 0.2) is 61.1 Å². The largest absolute Gasteiger partial charge is 0.457 e. The molecule has 0 amide bonds. The molecule has 0 spiro atoms. The van der Waals surface area contributed by atoms with Crippen molar-refractivity contribution >= 4 is 26.7 Å². The SMILES string of the molecule is O[C@@H]1CCCC[C@H]1Nc1nc2ccc(Oc3ccnc(-c4ccncc4)c3)cc2s1. The summed E-state index contributed by atoms with van der Waals surface area (Å²) in [7, 11) is 0. The van der Waals surface area contributed by atoms with E-state index in [1.54, 1.807) is 29.9 Å². The van der Waals surface area contributed by atoms with Crippen LogP contribution in [0.25, 0.3) is 21.5 Å². The van der Waals surface area contributed by atoms with Crippen molar-refractivity contribution in [1.29, 1.82) is 0 Å². The second-order valence-corrected chi connectivity index (χ2v) is 8.50. The molecule has 1 saturated carbocycles. The second kappa shape index (κ2) is 8.38. The molecule has 1 aliphatic rings. The summed E-state index contributed by atoms with van der Waals surface area (Å²) in [5.74, 6) is 1.48. The third-order valence-electron chi connectivity index (χ3n) is 5.34. The molecular formula is C23H22N4O2S. The number of anilines is 1. The van der Waals surface area contributed by atoms with Crippen molar-refractivity contribution in [1.82, 2.24) is 15.0 Å². The van der Waals surface area contributed by atoms with Gasteiger partial charge in [-0.25, -0.2) is 4.98 Å². The van der Waals surface area contributed by atoms with E-state index in [1.165, 1.54) is 0 Å². The Morgan fingerprint density at radius 3 is 2.67 bits per heavy atom. The van der Waals surface area contributed by atoms with Gasteiger partial charge in [0.15, 0.2) is 5.13 Å². The number of aromatic nitrogens is 3. The third-order valence-corrected chi connectivity index (χ3v) is 6.29. The van der Waals surface area contributed by atoms with Gasteiger partial charge in [-0.3, -0.25) is 9.97 Å². The predicted molar refractivity (Wildman–Crippen MR) is 119 cm³/mol. The first-order valence-corrected chi connectivity index (χ1v) is 11.0. The van der Waals surface area contributed by atoms with Gasteiger partial charge in [0.1, 0.15) is 11.5 Å². The van der Waals surface area contributed by atoms with E-state index in [4.69, 9.17) is 4.74 Å². The molecule has 5 rings (SSSR count). The number of hydrogen-bond acceptors (Lipinski definition) is 7. The number of aliphatic hydroxyl groups is 1. The van der Waals surface area contributed by atoms with Crippen LogP contribution in [0.5, 0.6) is 11.5 Å². The van der Waals surface area contributed by atoms with E-state index >= 15 is 0 Å². The van der Waals surface area contributed by atoms with Crippen molar-refractivity contribution in [2.24, 2.45) is 0 Å². The van der Waals surface area contributed by atoms with Gasteiger partial charge < -0.3 is 15.2 Å². The number of rotatable bonds is 5. The molecule has 1 aliphatic carbocycles. The highest BCUT2D eigenvalue weighted by Crippen LogP contribution is 2.33. The van der Waals surface area contributed by atoms with Crippen LogP contribution in [0.3, 0.4) is 0 Å². The molecule has 2 atom stereocenters. The molecule has 30 heavy (non-hydrogen) atoms. The van der Waals surface area contributed by atoms with Crippen molar-refractivity contribution in [3.8, 4) is 22.8 Å². The van der Waals surface area contributed by atoms with Crippen LogP contribution in [0.2, 0.25) is 0 Å². The Labute approximate surface area is 178 Å². The lowest BCUT2D eigenvalue weighted by molar-refractivity contribution is 0.116. The molecular weight excluding hydrogens is 396 g/mol. The monoisotopic (exact) mass is 418 g/mol. The van der Waals surface area contributed by atoms with Crippen LogP contribution in [-0.4, -0.2) is 32.2 Å². The number of nitrogens with one attached hydrogen (secondary N) is 1. The lowest BCUT2D eigenvalue weighted by atomic mass is 9.93. The zero-order valence-corrected chi connectivity index (χ0v) is 17.2. The number of pyridine rings is 2. The maximum absolute atomic E-state index is 10.2. The average Bonchev–Trinajstić information content (AvgIpc) is 3.18. The molecule has 0 saturated heterocycles. The van der Waals surface area contributed by atoms with Crippen molar-refractivity contribution in [2.45, 2.75) is 37.8 Å². The van der Waals surface area contributed by atoms with Crippen LogP contribution in [-0.2, 0) is 0 Å². The van der Waals surface area contributed by atoms with E-state index in [-0.39, 0.29) is 12.1 Å². The summed E-state index contributed by atoms with van der Waals surface area (Å²) in [6.45, 7) is 0. The highest BCUT2D eigenvalue weighted by molar-refractivity contribution is 7.22. The number of thiazole rings is 1. The smallest absolute Gasteiger partial charge is 0.184 e. The van der Waals surface area contributed by atoms with Crippen molar-refractivity contribution in [2.75, 3.05) is 5.32 Å². The molecule has 0 aliphatic heterocycles. The molecule has 0 radical (unpaired) electrons. The molecule has 152 valence electrons. The lowest BCUT2D eigenvalue weighted by Crippen LogP contribution is -2.36. The van der Waals surface area contributed by atoms with Gasteiger partial charge in [-0.15, -0.1) is 0 Å². The van der Waals surface area contributed by atoms with E-state index in [2.05, 4.69) is 20.3 Å². The van der Waals surface area contributed by atoms with Gasteiger partial charge in [0.05, 0.1) is 28.1 Å². The average molecular weight is 419 g/mol. The van der Waals surface area contributed by atoms with Gasteiger partial charge in [0.2, 0.25) is 0 Å². The predicted octanol–water partition coefficient (Wildman–Crippen LogP) is 5.26. The van der Waals surface area contributed by atoms with E-state index < -0.39 is 0 Å². The summed E-state index contributed by atoms with van der Waals surface area (Å²) in [5.41, 5.74) is 2.76. The number of fused-ring (bicyclic) bond motifs is 1. The number of ether oxygens (including phenoxy) is 1. The molecule has 6 nitrogen and oxygen atoms in total. The molecule has 1 aromatic carbocycles. The molecule has 0 unspecified atom stereocenters. The molecule has 0 bridgehead atoms. The minimum atomic E-state index is -0.300. The first-order valence-electron chi connectivity index (χ1n) is 10.1. The van der Waals surface area contributed by atoms with Gasteiger partial charge in [0, 0.05) is 36.3 Å². The van der Waals surface area contributed by atoms with Crippen molar-refractivity contribution < 1.29 is 9.84 Å². The molecule has 2 N–H and O–H groups in total. The Hall–Kier alpha value is -3.03. The quantitative estimate of drug-likeness (QED) is 0.460. The van der Waals surface area contributed by atoms with E-state index in [0.29, 0.717) is 0 Å². The number of benzene rings is 1. The zero-order valence-electron chi connectivity index (χ0n) is 16.4. The van der Waals surface area contributed by atoms with Crippen LogP contribution in [0, 0.1) is 0 Å². The summed E-state index contributed by atoms with van der Waals surface area (Å²) >= 11 is 1.59. The zero-order chi connectivity index (χ0) is 20.3. The van der Waals surface area contributed by atoms with Crippen LogP contribution < -0.4 is 10.1 Å². The van der Waals surface area contributed by atoms with Gasteiger partial charge in [-0.2, -0.15) is 0 Å². The maximum Gasteiger partial charge on any atom is 0.184 e. The Kier molecular flexibility index (Phi) is 5.29. The Morgan fingerprint density at radius 2 is 1.80 bits per heavy atom. The summed E-state index contributed by atoms with van der Waals surface area (Å²) in [5, 5.41) is 14.5. The Bertz CT molecular complexity index is 1150. The van der Waals surface area contributed by atoms with Crippen LogP contribution in [0.1, 0.15) is 25.7 Å². The summed E-state index contributed by atoms with van der Waals surface area (Å²) in [6, 6.07) is 13.6. The van der Waals surface area contributed by atoms with E-state index in [1.807, 2.05) is 42.5 Å². The maximum atomic E-state index is 10.2. The summed E-state index contributed by atoms with van der Waals surface area (Å²) in [6.07, 6.45) is 9.02. The summed E-state index contributed by atoms with van der Waals surface area (Å²) in [4.78, 5) is 13.1. The fraction of sp³-hybridized carbons (Fsp3) is 0.261. The standard InChI is InChI=1S/C23H22N4O2S/c28-21-4-2-1-3-18(21)26-23-27-19-6-5-16(14-22(19)30-23)29-17-9-12-25-20(13-17)15-7-10-24-11-8-15/h5-14,18,21,28H,1-4H2,(H,26,27)/t18-,21-/m1/s1. The second-order valence-electron chi connectivity index (χ2n) is 7.47. The molecule has 1 fully saturated rings. The Balaban J connectivity index is 1.34. The van der Waals surface area contributed by atoms with E-state index in [9.17, 15) is 5.11 Å². The molecule has 3 aromatic heterocycles. The minimum absolute atomic E-state index is 0.0819. The third kappa shape index (κ3) is 4.13. The van der Waals surface area contributed by atoms with Crippen molar-refractivity contribution in [3.63, 3.8) is 0 Å². The molecule has 3 heterocycles. The van der Waals surface area contributed by atoms with E-state index in [0.717, 1.165) is 63.8 Å². The highest BCUT2D eigenvalue weighted by Gasteiger charge is 2.23. The minimum Gasteiger partial charge on any atom is -0.457 e. The first kappa shape index (κ1) is 19.0. The molecule has 7 heteroatoms. The number of nitrogens with zero attached hydrogens (tertiary/aromatic N) is 3. The van der Waals surface area contributed by atoms with Gasteiger partial charge in [0.25, 0.3) is 0 Å². The number of hydrogen-bond donors (Lipinski definition) is 2. The topological polar surface area (TPSA) is 80.2 Å². The fourth-order valence-corrected chi connectivity index (χ4v) is 4.72. The van der Waals surface area contributed by atoms with Crippen LogP contribution in [0.4, 0.5) is 5.13 Å². The van der Waals surface area contributed by atoms with Gasteiger partial charge in [-0.05, 0) is 43.2 Å². The highest BCUT2D eigenvalue weighted by atomic mass is 32.1. The van der Waals surface area contributed by atoms with Crippen molar-refractivity contribution in [3.05, 3.63) is 61.1 Å². The fourth-order valence-electron chi connectivity index (χ4n) is 3.76. The molecule has 4 aromatic rings. The lowest BCUT2D eigenvalue weighted by Gasteiger charge is -2.27. The number of aliphatic hydroxyl groups excluding tert-OH is 1. The Morgan fingerprint density at radius 1 is 0.967 bits per heavy atom. The van der Waals surface area contributed by atoms with Gasteiger partial charge >= 0.3 is 0 Å². The van der Waals surface area contributed by atoms with Crippen LogP contribution >= 0.6 is 11.3 Å².